The summed E-state index contributed by atoms with van der Waals surface area (Å²) in [5.74, 6) is 0.879. The summed E-state index contributed by atoms with van der Waals surface area (Å²) in [7, 11) is 0. The van der Waals surface area contributed by atoms with E-state index in [-0.39, 0.29) is 11.4 Å². The third kappa shape index (κ3) is 3.98. The normalized spacial score (nSPS) is 16.0. The van der Waals surface area contributed by atoms with Gasteiger partial charge in [0.25, 0.3) is 5.91 Å². The summed E-state index contributed by atoms with van der Waals surface area (Å²) in [6, 6.07) is 11.7. The number of piperidine rings is 1. The van der Waals surface area contributed by atoms with E-state index in [9.17, 15) is 4.79 Å². The van der Waals surface area contributed by atoms with Crippen molar-refractivity contribution < 1.29 is 4.79 Å². The van der Waals surface area contributed by atoms with Gasteiger partial charge in [0.15, 0.2) is 0 Å². The second-order valence-corrected chi connectivity index (χ2v) is 9.43. The van der Waals surface area contributed by atoms with Crippen molar-refractivity contribution in [3.8, 4) is 0 Å². The van der Waals surface area contributed by atoms with Crippen molar-refractivity contribution in [2.24, 2.45) is 5.73 Å². The molecule has 5 rings (SSSR count). The second-order valence-electron chi connectivity index (χ2n) is 8.52. The lowest BCUT2D eigenvalue weighted by molar-refractivity contribution is 0.0951. The van der Waals surface area contributed by atoms with Gasteiger partial charge in [0.2, 0.25) is 0 Å². The third-order valence-corrected chi connectivity index (χ3v) is 6.97. The van der Waals surface area contributed by atoms with Gasteiger partial charge in [0.05, 0.1) is 5.52 Å². The van der Waals surface area contributed by atoms with Crippen molar-refractivity contribution in [1.29, 1.82) is 0 Å². The molecule has 1 fully saturated rings. The summed E-state index contributed by atoms with van der Waals surface area (Å²) in [4.78, 5) is 24.2. The zero-order valence-corrected chi connectivity index (χ0v) is 18.3. The van der Waals surface area contributed by atoms with E-state index in [1.807, 2.05) is 30.3 Å². The highest BCUT2D eigenvalue weighted by Gasteiger charge is 2.28. The average molecular weight is 432 g/mol. The molecule has 31 heavy (non-hydrogen) atoms. The Labute approximate surface area is 185 Å². The van der Waals surface area contributed by atoms with Crippen LogP contribution in [0.15, 0.2) is 54.2 Å². The van der Waals surface area contributed by atoms with Gasteiger partial charge in [-0.2, -0.15) is 0 Å². The topological polar surface area (TPSA) is 84.1 Å². The lowest BCUT2D eigenvalue weighted by atomic mass is 9.91. The molecular weight excluding hydrogens is 406 g/mol. The van der Waals surface area contributed by atoms with Crippen molar-refractivity contribution in [1.82, 2.24) is 15.3 Å². The number of carbonyl (C=O) groups excluding carboxylic acids is 1. The fourth-order valence-electron chi connectivity index (χ4n) is 4.08. The number of nitrogens with one attached hydrogen (secondary N) is 1. The average Bonchev–Trinajstić information content (AvgIpc) is 3.27. The van der Waals surface area contributed by atoms with Gasteiger partial charge in [-0.15, -0.1) is 11.3 Å². The molecule has 4 aromatic rings. The predicted octanol–water partition coefficient (Wildman–Crippen LogP) is 4.09. The predicted molar refractivity (Wildman–Crippen MR) is 127 cm³/mol. The molecule has 158 valence electrons. The molecule has 0 spiro atoms. The summed E-state index contributed by atoms with van der Waals surface area (Å²) in [6.07, 6.45) is 5.36. The Morgan fingerprint density at radius 1 is 1.23 bits per heavy atom. The minimum Gasteiger partial charge on any atom is -0.356 e. The number of hydrogen-bond acceptors (Lipinski definition) is 6. The van der Waals surface area contributed by atoms with Crippen molar-refractivity contribution in [3.05, 3.63) is 65.3 Å². The monoisotopic (exact) mass is 431 g/mol. The van der Waals surface area contributed by atoms with Crippen LogP contribution in [0.2, 0.25) is 0 Å². The highest BCUT2D eigenvalue weighted by Crippen LogP contribution is 2.37. The number of rotatable bonds is 4. The summed E-state index contributed by atoms with van der Waals surface area (Å²) in [5, 5.41) is 7.34. The number of benzene rings is 1. The maximum Gasteiger partial charge on any atom is 0.251 e. The van der Waals surface area contributed by atoms with Crippen molar-refractivity contribution in [2.45, 2.75) is 31.8 Å². The fraction of sp³-hybridized carbons (Fsp3) is 0.292. The number of aromatic nitrogens is 2. The molecule has 1 aromatic carbocycles. The SMILES string of the molecule is CC1(N)CCN(c2nc3cc(C(=O)NCc4cccnc4)ccc3c3sccc23)CC1. The number of nitrogens with two attached hydrogens (primary N) is 1. The van der Waals surface area contributed by atoms with Gasteiger partial charge < -0.3 is 16.0 Å². The number of nitrogens with zero attached hydrogens (tertiary/aromatic N) is 3. The highest BCUT2D eigenvalue weighted by molar-refractivity contribution is 7.18. The standard InChI is InChI=1S/C24H25N5OS/c1-24(25)7-10-29(11-8-24)22-19-6-12-31-21(19)18-5-4-17(13-20(18)28-22)23(30)27-15-16-3-2-9-26-14-16/h2-6,9,12-14H,7-8,10-11,15,25H2,1H3,(H,27,30). The van der Waals surface area contributed by atoms with Crippen LogP contribution in [0, 0.1) is 0 Å². The van der Waals surface area contributed by atoms with Gasteiger partial charge in [-0.05, 0) is 55.0 Å². The number of hydrogen-bond donors (Lipinski definition) is 2. The van der Waals surface area contributed by atoms with Crippen LogP contribution in [0.3, 0.4) is 0 Å². The molecule has 0 bridgehead atoms. The van der Waals surface area contributed by atoms with E-state index in [4.69, 9.17) is 10.7 Å². The van der Waals surface area contributed by atoms with Gasteiger partial charge in [0.1, 0.15) is 5.82 Å². The molecule has 0 unspecified atom stereocenters. The Morgan fingerprint density at radius 3 is 2.84 bits per heavy atom. The molecule has 0 atom stereocenters. The molecule has 1 aliphatic rings. The largest absolute Gasteiger partial charge is 0.356 e. The lowest BCUT2D eigenvalue weighted by Crippen LogP contribution is -2.48. The first-order valence-corrected chi connectivity index (χ1v) is 11.4. The first-order chi connectivity index (χ1) is 15.0. The molecule has 6 nitrogen and oxygen atoms in total. The zero-order valence-electron chi connectivity index (χ0n) is 17.5. The maximum atomic E-state index is 12.8. The quantitative estimate of drug-likeness (QED) is 0.508. The molecule has 1 aliphatic heterocycles. The van der Waals surface area contributed by atoms with E-state index in [2.05, 4.69) is 33.6 Å². The molecule has 0 saturated carbocycles. The fourth-order valence-corrected chi connectivity index (χ4v) is 5.01. The minimum absolute atomic E-state index is 0.110. The third-order valence-electron chi connectivity index (χ3n) is 6.02. The Bertz CT molecular complexity index is 1240. The molecule has 3 N–H and O–H groups in total. The molecule has 1 saturated heterocycles. The summed E-state index contributed by atoms with van der Waals surface area (Å²) in [5.41, 5.74) is 8.65. The molecule has 3 aromatic heterocycles. The van der Waals surface area contributed by atoms with Gasteiger partial charge >= 0.3 is 0 Å². The van der Waals surface area contributed by atoms with E-state index < -0.39 is 0 Å². The van der Waals surface area contributed by atoms with Crippen LogP contribution in [0.25, 0.3) is 21.0 Å². The van der Waals surface area contributed by atoms with Gasteiger partial charge in [0, 0.05) is 58.6 Å². The van der Waals surface area contributed by atoms with Crippen molar-refractivity contribution in [3.63, 3.8) is 0 Å². The van der Waals surface area contributed by atoms with E-state index >= 15 is 0 Å². The first-order valence-electron chi connectivity index (χ1n) is 10.5. The Balaban J connectivity index is 1.46. The molecule has 0 radical (unpaired) electrons. The number of pyridine rings is 2. The maximum absolute atomic E-state index is 12.8. The number of fused-ring (bicyclic) bond motifs is 3. The van der Waals surface area contributed by atoms with E-state index in [0.29, 0.717) is 12.1 Å². The molecular formula is C24H25N5OS. The highest BCUT2D eigenvalue weighted by atomic mass is 32.1. The Kier molecular flexibility index (Phi) is 5.08. The first kappa shape index (κ1) is 19.9. The number of amides is 1. The zero-order chi connectivity index (χ0) is 21.4. The summed E-state index contributed by atoms with van der Waals surface area (Å²) >= 11 is 1.72. The smallest absolute Gasteiger partial charge is 0.251 e. The number of thiophene rings is 1. The van der Waals surface area contributed by atoms with Gasteiger partial charge in [-0.3, -0.25) is 9.78 Å². The van der Waals surface area contributed by atoms with E-state index in [0.717, 1.165) is 48.2 Å². The molecule has 0 aliphatic carbocycles. The van der Waals surface area contributed by atoms with Crippen LogP contribution in [-0.4, -0.2) is 34.5 Å². The van der Waals surface area contributed by atoms with Crippen LogP contribution in [0.5, 0.6) is 0 Å². The minimum atomic E-state index is -0.114. The van der Waals surface area contributed by atoms with Crippen LogP contribution >= 0.6 is 11.3 Å². The summed E-state index contributed by atoms with van der Waals surface area (Å²) < 4.78 is 1.21. The summed E-state index contributed by atoms with van der Waals surface area (Å²) in [6.45, 7) is 4.34. The Morgan fingerprint density at radius 2 is 2.06 bits per heavy atom. The van der Waals surface area contributed by atoms with Crippen LogP contribution < -0.4 is 16.0 Å². The Hall–Kier alpha value is -3.03. The van der Waals surface area contributed by atoms with Crippen molar-refractivity contribution in [2.75, 3.05) is 18.0 Å². The van der Waals surface area contributed by atoms with Crippen LogP contribution in [0.4, 0.5) is 5.82 Å². The second kappa shape index (κ2) is 7.90. The van der Waals surface area contributed by atoms with Crippen LogP contribution in [0.1, 0.15) is 35.7 Å². The van der Waals surface area contributed by atoms with E-state index in [1.165, 1.54) is 10.1 Å². The van der Waals surface area contributed by atoms with Crippen molar-refractivity contribution >= 4 is 44.1 Å². The molecule has 7 heteroatoms. The lowest BCUT2D eigenvalue weighted by Gasteiger charge is -2.37. The number of carbonyl (C=O) groups is 1. The van der Waals surface area contributed by atoms with Gasteiger partial charge in [-0.1, -0.05) is 12.1 Å². The van der Waals surface area contributed by atoms with Gasteiger partial charge in [-0.25, -0.2) is 4.98 Å². The van der Waals surface area contributed by atoms with E-state index in [1.54, 1.807) is 23.7 Å². The van der Waals surface area contributed by atoms with Crippen LogP contribution in [-0.2, 0) is 6.54 Å². The number of anilines is 1. The molecule has 4 heterocycles. The molecule has 1 amide bonds.